The van der Waals surface area contributed by atoms with Gasteiger partial charge >= 0.3 is 0 Å². The number of hydrogen-bond donors (Lipinski definition) is 2. The highest BCUT2D eigenvalue weighted by Crippen LogP contribution is 2.36. The molecule has 0 saturated heterocycles. The number of benzene rings is 1. The Balaban J connectivity index is 1.99. The van der Waals surface area contributed by atoms with Crippen LogP contribution in [0.15, 0.2) is 40.7 Å². The minimum Gasteiger partial charge on any atom is -0.481 e. The number of fused-ring (bicyclic) bond motifs is 1. The molecule has 2 atom stereocenters. The summed E-state index contributed by atoms with van der Waals surface area (Å²) in [5, 5.41) is 5.42. The molecular formula is C15H17N3OS. The lowest BCUT2D eigenvalue weighted by atomic mass is 10.0. The van der Waals surface area contributed by atoms with Gasteiger partial charge in [-0.25, -0.2) is 4.99 Å². The summed E-state index contributed by atoms with van der Waals surface area (Å²) in [6, 6.07) is 10.4. The lowest BCUT2D eigenvalue weighted by Crippen LogP contribution is -2.33. The summed E-state index contributed by atoms with van der Waals surface area (Å²) in [6.07, 6.45) is -0.161. The second-order valence-electron chi connectivity index (χ2n) is 4.76. The van der Waals surface area contributed by atoms with E-state index in [2.05, 4.69) is 33.9 Å². The molecule has 0 spiro atoms. The molecule has 2 heterocycles. The fraction of sp³-hybridized carbons (Fsp3) is 0.267. The van der Waals surface area contributed by atoms with Crippen LogP contribution in [0.4, 0.5) is 5.69 Å². The number of nitrogens with one attached hydrogen (secondary N) is 1. The summed E-state index contributed by atoms with van der Waals surface area (Å²) in [5.74, 6) is 1.31. The van der Waals surface area contributed by atoms with E-state index < -0.39 is 0 Å². The highest BCUT2D eigenvalue weighted by molar-refractivity contribution is 7.10. The highest BCUT2D eigenvalue weighted by atomic mass is 32.1. The van der Waals surface area contributed by atoms with E-state index in [1.165, 1.54) is 4.88 Å². The van der Waals surface area contributed by atoms with E-state index in [0.717, 1.165) is 17.0 Å². The lowest BCUT2D eigenvalue weighted by molar-refractivity contribution is 0.281. The number of rotatable bonds is 3. The smallest absolute Gasteiger partial charge is 0.153 e. The molecule has 4 nitrogen and oxygen atoms in total. The van der Waals surface area contributed by atoms with E-state index in [9.17, 15) is 0 Å². The Hall–Kier alpha value is -1.85. The third-order valence-electron chi connectivity index (χ3n) is 3.40. The van der Waals surface area contributed by atoms with Crippen LogP contribution in [0, 0.1) is 0 Å². The van der Waals surface area contributed by atoms with Gasteiger partial charge in [-0.2, -0.15) is 0 Å². The van der Waals surface area contributed by atoms with Crippen LogP contribution in [0.25, 0.3) is 0 Å². The van der Waals surface area contributed by atoms with Crippen LogP contribution in [0.2, 0.25) is 0 Å². The molecule has 104 valence electrons. The van der Waals surface area contributed by atoms with Crippen LogP contribution in [-0.4, -0.2) is 19.0 Å². The Morgan fingerprint density at radius 1 is 1.40 bits per heavy atom. The number of thiophene rings is 1. The zero-order chi connectivity index (χ0) is 14.1. The van der Waals surface area contributed by atoms with E-state index in [0.29, 0.717) is 5.84 Å². The first kappa shape index (κ1) is 13.1. The van der Waals surface area contributed by atoms with Crippen molar-refractivity contribution in [1.82, 2.24) is 5.32 Å². The molecule has 0 aliphatic carbocycles. The first-order valence-corrected chi connectivity index (χ1v) is 7.42. The van der Waals surface area contributed by atoms with Crippen molar-refractivity contribution in [2.75, 3.05) is 7.05 Å². The minimum absolute atomic E-state index is 0.161. The first-order chi connectivity index (χ1) is 9.69. The van der Waals surface area contributed by atoms with Crippen molar-refractivity contribution < 1.29 is 4.74 Å². The summed E-state index contributed by atoms with van der Waals surface area (Å²) in [5.41, 5.74) is 7.81. The molecule has 0 fully saturated rings. The lowest BCUT2D eigenvalue weighted by Gasteiger charge is -2.23. The maximum absolute atomic E-state index is 5.86. The Morgan fingerprint density at radius 2 is 2.25 bits per heavy atom. The van der Waals surface area contributed by atoms with Crippen molar-refractivity contribution in [3.8, 4) is 5.75 Å². The van der Waals surface area contributed by atoms with Crippen molar-refractivity contribution in [2.45, 2.75) is 19.1 Å². The molecule has 1 aromatic heterocycles. The molecular weight excluding hydrogens is 270 g/mol. The van der Waals surface area contributed by atoms with E-state index in [1.807, 2.05) is 26.1 Å². The van der Waals surface area contributed by atoms with Gasteiger partial charge in [0.1, 0.15) is 17.3 Å². The van der Waals surface area contributed by atoms with Crippen LogP contribution < -0.4 is 15.8 Å². The number of ether oxygens (including phenoxy) is 1. The van der Waals surface area contributed by atoms with Crippen LogP contribution in [0.3, 0.4) is 0 Å². The van der Waals surface area contributed by atoms with Crippen LogP contribution in [0.1, 0.15) is 23.4 Å². The number of nitrogens with zero attached hydrogens (tertiary/aromatic N) is 1. The second kappa shape index (κ2) is 5.26. The molecule has 0 saturated carbocycles. The Labute approximate surface area is 122 Å². The number of amidine groups is 1. The molecule has 1 aliphatic rings. The minimum atomic E-state index is -0.161. The van der Waals surface area contributed by atoms with Crippen LogP contribution in [-0.2, 0) is 0 Å². The molecule has 1 aliphatic heterocycles. The molecule has 5 heteroatoms. The summed E-state index contributed by atoms with van der Waals surface area (Å²) in [6.45, 7) is 1.90. The van der Waals surface area contributed by atoms with Crippen molar-refractivity contribution in [3.05, 3.63) is 46.2 Å². The van der Waals surface area contributed by atoms with Crippen molar-refractivity contribution >= 4 is 22.9 Å². The van der Waals surface area contributed by atoms with Gasteiger partial charge in [-0.15, -0.1) is 11.3 Å². The van der Waals surface area contributed by atoms with E-state index in [4.69, 9.17) is 10.5 Å². The topological polar surface area (TPSA) is 59.6 Å². The molecule has 20 heavy (non-hydrogen) atoms. The average molecular weight is 287 g/mol. The Kier molecular flexibility index (Phi) is 3.46. The molecule has 2 unspecified atom stereocenters. The maximum Gasteiger partial charge on any atom is 0.153 e. The normalized spacial score (nSPS) is 18.9. The summed E-state index contributed by atoms with van der Waals surface area (Å²) in [7, 11) is 1.96. The van der Waals surface area contributed by atoms with E-state index >= 15 is 0 Å². The van der Waals surface area contributed by atoms with Gasteiger partial charge in [-0.05, 0) is 43.1 Å². The third-order valence-corrected chi connectivity index (χ3v) is 4.34. The van der Waals surface area contributed by atoms with Gasteiger partial charge in [-0.3, -0.25) is 0 Å². The molecule has 1 aromatic carbocycles. The predicted molar refractivity (Wildman–Crippen MR) is 83.0 cm³/mol. The van der Waals surface area contributed by atoms with Gasteiger partial charge < -0.3 is 15.8 Å². The molecule has 3 rings (SSSR count). The van der Waals surface area contributed by atoms with Gasteiger partial charge in [0.25, 0.3) is 0 Å². The standard InChI is InChI=1S/C15H17N3OS/c1-9-15(16)18-11-8-10(5-6-12(11)19-9)14(17-2)13-4-3-7-20-13/h3-9,14,17H,1-2H3,(H2,16,18). The van der Waals surface area contributed by atoms with Crippen molar-refractivity contribution in [1.29, 1.82) is 0 Å². The van der Waals surface area contributed by atoms with Crippen molar-refractivity contribution in [3.63, 3.8) is 0 Å². The van der Waals surface area contributed by atoms with Gasteiger partial charge in [0.2, 0.25) is 0 Å². The Bertz CT molecular complexity index is 637. The average Bonchev–Trinajstić information content (AvgIpc) is 2.95. The Morgan fingerprint density at radius 3 is 2.95 bits per heavy atom. The maximum atomic E-state index is 5.86. The van der Waals surface area contributed by atoms with Gasteiger partial charge in [0.05, 0.1) is 6.04 Å². The van der Waals surface area contributed by atoms with Gasteiger partial charge in [0, 0.05) is 4.88 Å². The summed E-state index contributed by atoms with van der Waals surface area (Å²) >= 11 is 1.73. The number of aliphatic imine (C=N–C) groups is 1. The number of hydrogen-bond acceptors (Lipinski definition) is 5. The second-order valence-corrected chi connectivity index (χ2v) is 5.74. The predicted octanol–water partition coefficient (Wildman–Crippen LogP) is 2.83. The largest absolute Gasteiger partial charge is 0.481 e. The quantitative estimate of drug-likeness (QED) is 0.912. The molecule has 0 bridgehead atoms. The van der Waals surface area contributed by atoms with Crippen LogP contribution >= 0.6 is 11.3 Å². The highest BCUT2D eigenvalue weighted by Gasteiger charge is 2.20. The zero-order valence-electron chi connectivity index (χ0n) is 11.5. The molecule has 3 N–H and O–H groups in total. The summed E-state index contributed by atoms with van der Waals surface area (Å²) in [4.78, 5) is 5.70. The number of nitrogens with two attached hydrogens (primary N) is 1. The molecule has 0 radical (unpaired) electrons. The molecule has 2 aromatic rings. The van der Waals surface area contributed by atoms with Gasteiger partial charge in [-0.1, -0.05) is 12.1 Å². The first-order valence-electron chi connectivity index (χ1n) is 6.54. The third kappa shape index (κ3) is 2.30. The SMILES string of the molecule is CNC(c1ccc2c(c1)N=C(N)C(C)O2)c1cccs1. The van der Waals surface area contributed by atoms with Crippen LogP contribution in [0.5, 0.6) is 5.75 Å². The van der Waals surface area contributed by atoms with Crippen molar-refractivity contribution in [2.24, 2.45) is 10.7 Å². The molecule has 0 amide bonds. The zero-order valence-corrected chi connectivity index (χ0v) is 12.3. The van der Waals surface area contributed by atoms with E-state index in [-0.39, 0.29) is 12.1 Å². The fourth-order valence-corrected chi connectivity index (χ4v) is 3.17. The van der Waals surface area contributed by atoms with Gasteiger partial charge in [0.15, 0.2) is 6.10 Å². The monoisotopic (exact) mass is 287 g/mol. The fourth-order valence-electron chi connectivity index (χ4n) is 2.31. The van der Waals surface area contributed by atoms with E-state index in [1.54, 1.807) is 11.3 Å². The summed E-state index contributed by atoms with van der Waals surface area (Å²) < 4.78 is 5.73.